The fourth-order valence-corrected chi connectivity index (χ4v) is 4.16. The van der Waals surface area contributed by atoms with E-state index in [9.17, 15) is 14.7 Å². The van der Waals surface area contributed by atoms with Crippen LogP contribution in [0.4, 0.5) is 4.79 Å². The first kappa shape index (κ1) is 13.7. The maximum absolute atomic E-state index is 12.0. The number of carboxylic acids is 1. The van der Waals surface area contributed by atoms with E-state index in [2.05, 4.69) is 17.6 Å². The third kappa shape index (κ3) is 2.38. The number of carbonyl (C=O) groups excluding carboxylic acids is 1. The van der Waals surface area contributed by atoms with Crippen LogP contribution in [0.3, 0.4) is 0 Å². The second kappa shape index (κ2) is 4.93. The first-order chi connectivity index (χ1) is 9.54. The van der Waals surface area contributed by atoms with Gasteiger partial charge in [-0.1, -0.05) is 6.92 Å². The molecule has 3 saturated carbocycles. The zero-order valence-electron chi connectivity index (χ0n) is 12.0. The van der Waals surface area contributed by atoms with E-state index in [1.165, 1.54) is 12.8 Å². The molecular formula is C15H24N2O3. The largest absolute Gasteiger partial charge is 0.481 e. The first-order valence-corrected chi connectivity index (χ1v) is 7.82. The van der Waals surface area contributed by atoms with Crippen LogP contribution in [0, 0.1) is 23.2 Å². The molecule has 3 aliphatic rings. The van der Waals surface area contributed by atoms with Gasteiger partial charge in [0.2, 0.25) is 0 Å². The molecule has 4 unspecified atom stereocenters. The number of urea groups is 1. The molecular weight excluding hydrogens is 256 g/mol. The number of hydrogen-bond acceptors (Lipinski definition) is 2. The van der Waals surface area contributed by atoms with Crippen LogP contribution in [0.15, 0.2) is 0 Å². The number of hydrogen-bond donors (Lipinski definition) is 3. The molecule has 2 bridgehead atoms. The molecule has 0 saturated heterocycles. The molecule has 0 spiro atoms. The van der Waals surface area contributed by atoms with Gasteiger partial charge in [-0.2, -0.15) is 0 Å². The summed E-state index contributed by atoms with van der Waals surface area (Å²) in [6, 6.07) is -0.364. The van der Waals surface area contributed by atoms with Crippen LogP contribution in [-0.2, 0) is 4.79 Å². The van der Waals surface area contributed by atoms with Crippen molar-refractivity contribution >= 4 is 12.0 Å². The first-order valence-electron chi connectivity index (χ1n) is 7.82. The Morgan fingerprint density at radius 2 is 1.95 bits per heavy atom. The molecule has 112 valence electrons. The topological polar surface area (TPSA) is 78.4 Å². The summed E-state index contributed by atoms with van der Waals surface area (Å²) in [5.41, 5.74) is 0.318. The molecule has 0 aliphatic heterocycles. The van der Waals surface area contributed by atoms with E-state index in [1.54, 1.807) is 0 Å². The van der Waals surface area contributed by atoms with E-state index < -0.39 is 5.97 Å². The van der Waals surface area contributed by atoms with Crippen molar-refractivity contribution < 1.29 is 14.7 Å². The van der Waals surface area contributed by atoms with E-state index in [0.29, 0.717) is 17.9 Å². The van der Waals surface area contributed by atoms with Crippen molar-refractivity contribution in [2.45, 2.75) is 51.5 Å². The molecule has 3 N–H and O–H groups in total. The molecule has 5 heteroatoms. The number of nitrogens with one attached hydrogen (secondary N) is 2. The van der Waals surface area contributed by atoms with Crippen molar-refractivity contribution in [1.82, 2.24) is 10.6 Å². The van der Waals surface area contributed by atoms with E-state index in [0.717, 1.165) is 25.7 Å². The van der Waals surface area contributed by atoms with Gasteiger partial charge in [0, 0.05) is 12.6 Å². The number of aliphatic carboxylic acids is 1. The van der Waals surface area contributed by atoms with Gasteiger partial charge in [-0.3, -0.25) is 4.79 Å². The lowest BCUT2D eigenvalue weighted by atomic mass is 9.84. The predicted molar refractivity (Wildman–Crippen MR) is 74.2 cm³/mol. The van der Waals surface area contributed by atoms with Crippen molar-refractivity contribution in [3.63, 3.8) is 0 Å². The predicted octanol–water partition coefficient (Wildman–Crippen LogP) is 1.98. The molecule has 2 amide bonds. The monoisotopic (exact) mass is 280 g/mol. The number of amides is 2. The highest BCUT2D eigenvalue weighted by molar-refractivity contribution is 5.77. The molecule has 3 rings (SSSR count). The quantitative estimate of drug-likeness (QED) is 0.720. The Morgan fingerprint density at radius 1 is 1.25 bits per heavy atom. The van der Waals surface area contributed by atoms with E-state index in [4.69, 9.17) is 0 Å². The van der Waals surface area contributed by atoms with Gasteiger partial charge in [0.25, 0.3) is 0 Å². The lowest BCUT2D eigenvalue weighted by Gasteiger charge is -2.29. The fourth-order valence-electron chi connectivity index (χ4n) is 4.16. The molecule has 5 nitrogen and oxygen atoms in total. The fraction of sp³-hybridized carbons (Fsp3) is 0.867. The van der Waals surface area contributed by atoms with Crippen molar-refractivity contribution in [3.05, 3.63) is 0 Å². The van der Waals surface area contributed by atoms with Crippen LogP contribution in [0.5, 0.6) is 0 Å². The van der Waals surface area contributed by atoms with Crippen LogP contribution in [0.2, 0.25) is 0 Å². The number of rotatable bonds is 5. The number of carbonyl (C=O) groups is 2. The number of fused-ring (bicyclic) bond motifs is 2. The van der Waals surface area contributed by atoms with Crippen LogP contribution in [0.25, 0.3) is 0 Å². The van der Waals surface area contributed by atoms with Crippen LogP contribution in [-0.4, -0.2) is 29.7 Å². The number of carboxylic acid groups (broad SMARTS) is 1. The van der Waals surface area contributed by atoms with Gasteiger partial charge in [0.05, 0.1) is 5.92 Å². The summed E-state index contributed by atoms with van der Waals surface area (Å²) < 4.78 is 0. The van der Waals surface area contributed by atoms with Crippen molar-refractivity contribution in [2.75, 3.05) is 6.54 Å². The smallest absolute Gasteiger partial charge is 0.315 e. The Kier molecular flexibility index (Phi) is 3.38. The molecule has 4 atom stereocenters. The third-order valence-electron chi connectivity index (χ3n) is 5.83. The summed E-state index contributed by atoms with van der Waals surface area (Å²) in [4.78, 5) is 23.4. The molecule has 3 fully saturated rings. The molecule has 20 heavy (non-hydrogen) atoms. The molecule has 3 aliphatic carbocycles. The van der Waals surface area contributed by atoms with E-state index in [1.807, 2.05) is 0 Å². The lowest BCUT2D eigenvalue weighted by molar-refractivity contribution is -0.144. The van der Waals surface area contributed by atoms with Gasteiger partial charge >= 0.3 is 12.0 Å². The zero-order valence-corrected chi connectivity index (χ0v) is 12.0. The van der Waals surface area contributed by atoms with Gasteiger partial charge in [-0.15, -0.1) is 0 Å². The van der Waals surface area contributed by atoms with Crippen molar-refractivity contribution in [3.8, 4) is 0 Å². The summed E-state index contributed by atoms with van der Waals surface area (Å²) in [6.45, 7) is 2.87. The minimum Gasteiger partial charge on any atom is -0.481 e. The van der Waals surface area contributed by atoms with Crippen LogP contribution < -0.4 is 10.6 Å². The summed E-state index contributed by atoms with van der Waals surface area (Å²) in [6.07, 6.45) is 6.49. The maximum Gasteiger partial charge on any atom is 0.315 e. The highest BCUT2D eigenvalue weighted by Crippen LogP contribution is 2.49. The highest BCUT2D eigenvalue weighted by atomic mass is 16.4. The van der Waals surface area contributed by atoms with Crippen LogP contribution in [0.1, 0.15) is 45.4 Å². The second-order valence-electron chi connectivity index (χ2n) is 6.90. The van der Waals surface area contributed by atoms with Gasteiger partial charge in [0.15, 0.2) is 0 Å². The average molecular weight is 280 g/mol. The zero-order chi connectivity index (χ0) is 14.3. The van der Waals surface area contributed by atoms with Gasteiger partial charge in [-0.25, -0.2) is 4.79 Å². The molecule has 0 aromatic rings. The molecule has 0 aromatic heterocycles. The molecule has 0 radical (unpaired) electrons. The normalized spacial score (nSPS) is 36.6. The summed E-state index contributed by atoms with van der Waals surface area (Å²) >= 11 is 0. The third-order valence-corrected chi connectivity index (χ3v) is 5.83. The average Bonchev–Trinajstić information content (AvgIpc) is 2.93. The van der Waals surface area contributed by atoms with Gasteiger partial charge < -0.3 is 15.7 Å². The second-order valence-corrected chi connectivity index (χ2v) is 6.90. The SMILES string of the molecule is CCC1(CNC(=O)NC2C3CCC(C3)C2C(=O)O)CC1. The Labute approximate surface area is 119 Å². The Hall–Kier alpha value is -1.26. The van der Waals surface area contributed by atoms with Crippen LogP contribution >= 0.6 is 0 Å². The van der Waals surface area contributed by atoms with Gasteiger partial charge in [0.1, 0.15) is 0 Å². The minimum absolute atomic E-state index is 0.178. The Balaban J connectivity index is 1.54. The highest BCUT2D eigenvalue weighted by Gasteiger charge is 2.51. The van der Waals surface area contributed by atoms with Gasteiger partial charge in [-0.05, 0) is 55.8 Å². The summed E-state index contributed by atoms with van der Waals surface area (Å²) in [5, 5.41) is 15.2. The molecule has 0 aromatic carbocycles. The molecule has 0 heterocycles. The maximum atomic E-state index is 12.0. The lowest BCUT2D eigenvalue weighted by Crippen LogP contribution is -2.51. The Morgan fingerprint density at radius 3 is 2.55 bits per heavy atom. The van der Waals surface area contributed by atoms with E-state index in [-0.39, 0.29) is 23.9 Å². The van der Waals surface area contributed by atoms with E-state index >= 15 is 0 Å². The summed E-state index contributed by atoms with van der Waals surface area (Å²) in [5.74, 6) is -0.531. The van der Waals surface area contributed by atoms with Crippen molar-refractivity contribution in [2.24, 2.45) is 23.2 Å². The minimum atomic E-state index is -0.755. The van der Waals surface area contributed by atoms with Crippen molar-refractivity contribution in [1.29, 1.82) is 0 Å². The Bertz CT molecular complexity index is 419. The summed E-state index contributed by atoms with van der Waals surface area (Å²) in [7, 11) is 0. The standard InChI is InChI=1S/C15H24N2O3/c1-2-15(5-6-15)8-16-14(20)17-12-10-4-3-9(7-10)11(12)13(18)19/h9-12H,2-8H2,1H3,(H,18,19)(H2,16,17,20).